The molecule has 0 fully saturated rings. The van der Waals surface area contributed by atoms with Crippen molar-refractivity contribution in [3.8, 4) is 28.3 Å². The molecule has 7 nitrogen and oxygen atoms in total. The summed E-state index contributed by atoms with van der Waals surface area (Å²) in [5, 5.41) is 4.02. The van der Waals surface area contributed by atoms with Crippen LogP contribution in [0, 0.1) is 6.92 Å². The Bertz CT molecular complexity index is 1610. The van der Waals surface area contributed by atoms with E-state index in [-0.39, 0.29) is 5.91 Å². The molecule has 0 unspecified atom stereocenters. The molecular weight excluding hydrogens is 478 g/mol. The second-order valence-corrected chi connectivity index (χ2v) is 8.55. The molecule has 0 aliphatic rings. The molecular formula is C31H25N3O4. The van der Waals surface area contributed by atoms with Gasteiger partial charge in [0, 0.05) is 22.5 Å². The molecule has 5 rings (SSSR count). The van der Waals surface area contributed by atoms with Gasteiger partial charge in [-0.25, -0.2) is 10.2 Å². The fourth-order valence-electron chi connectivity index (χ4n) is 4.25. The van der Waals surface area contributed by atoms with Crippen molar-refractivity contribution >= 4 is 18.1 Å². The number of rotatable bonds is 7. The zero-order chi connectivity index (χ0) is 26.5. The van der Waals surface area contributed by atoms with Gasteiger partial charge in [-0.2, -0.15) is 5.10 Å². The first-order valence-corrected chi connectivity index (χ1v) is 12.0. The molecule has 2 heterocycles. The van der Waals surface area contributed by atoms with Crippen molar-refractivity contribution < 1.29 is 18.7 Å². The Morgan fingerprint density at radius 2 is 1.61 bits per heavy atom. The topological polar surface area (TPSA) is 85.8 Å². The van der Waals surface area contributed by atoms with Crippen molar-refractivity contribution in [2.45, 2.75) is 6.92 Å². The normalized spacial score (nSPS) is 11.0. The van der Waals surface area contributed by atoms with Crippen LogP contribution in [0.4, 0.5) is 0 Å². The fourth-order valence-corrected chi connectivity index (χ4v) is 4.25. The number of carbonyl (C=O) groups excluding carboxylic acids is 2. The summed E-state index contributed by atoms with van der Waals surface area (Å²) < 4.78 is 12.8. The number of hydrogen-bond acceptors (Lipinski definition) is 5. The summed E-state index contributed by atoms with van der Waals surface area (Å²) in [7, 11) is 1.33. The second kappa shape index (κ2) is 10.8. The Balaban J connectivity index is 1.27. The van der Waals surface area contributed by atoms with Crippen LogP contribution in [0.5, 0.6) is 0 Å². The average Bonchev–Trinajstić information content (AvgIpc) is 3.60. The lowest BCUT2D eigenvalue weighted by atomic mass is 10.1. The average molecular weight is 504 g/mol. The number of methoxy groups -OCH3 is 1. The zero-order valence-electron chi connectivity index (χ0n) is 20.9. The molecule has 0 saturated carbocycles. The molecule has 0 spiro atoms. The fraction of sp³-hybridized carbons (Fsp3) is 0.0645. The highest BCUT2D eigenvalue weighted by molar-refractivity contribution is 5.97. The number of esters is 1. The Morgan fingerprint density at radius 3 is 2.37 bits per heavy atom. The van der Waals surface area contributed by atoms with Crippen molar-refractivity contribution in [3.05, 3.63) is 126 Å². The number of furan rings is 1. The van der Waals surface area contributed by atoms with Crippen LogP contribution in [0.25, 0.3) is 28.3 Å². The number of ether oxygens (including phenoxy) is 1. The molecule has 3 aromatic carbocycles. The molecule has 0 atom stereocenters. The van der Waals surface area contributed by atoms with Crippen molar-refractivity contribution in [2.24, 2.45) is 5.10 Å². The maximum Gasteiger partial charge on any atom is 0.338 e. The van der Waals surface area contributed by atoms with Gasteiger partial charge in [0.05, 0.1) is 24.6 Å². The van der Waals surface area contributed by atoms with Gasteiger partial charge in [-0.05, 0) is 67.1 Å². The van der Waals surface area contributed by atoms with Crippen LogP contribution in [0.3, 0.4) is 0 Å². The van der Waals surface area contributed by atoms with E-state index < -0.39 is 5.97 Å². The van der Waals surface area contributed by atoms with Crippen molar-refractivity contribution in [2.75, 3.05) is 7.11 Å². The monoisotopic (exact) mass is 503 g/mol. The summed E-state index contributed by atoms with van der Waals surface area (Å²) in [6.45, 7) is 2.05. The molecule has 5 aromatic rings. The number of carbonyl (C=O) groups is 2. The van der Waals surface area contributed by atoms with E-state index in [9.17, 15) is 9.59 Å². The number of nitrogens with one attached hydrogen (secondary N) is 1. The highest BCUT2D eigenvalue weighted by Gasteiger charge is 2.15. The second-order valence-electron chi connectivity index (χ2n) is 8.55. The molecule has 7 heteroatoms. The third-order valence-corrected chi connectivity index (χ3v) is 6.12. The Morgan fingerprint density at radius 1 is 0.868 bits per heavy atom. The van der Waals surface area contributed by atoms with Crippen molar-refractivity contribution in [1.82, 2.24) is 9.99 Å². The van der Waals surface area contributed by atoms with Gasteiger partial charge in [0.1, 0.15) is 11.5 Å². The van der Waals surface area contributed by atoms with E-state index in [0.29, 0.717) is 28.2 Å². The number of hydrogen-bond donors (Lipinski definition) is 1. The first-order valence-electron chi connectivity index (χ1n) is 12.0. The number of hydrazone groups is 1. The summed E-state index contributed by atoms with van der Waals surface area (Å²) in [6, 6.07) is 32.1. The third-order valence-electron chi connectivity index (χ3n) is 6.12. The number of benzene rings is 3. The number of nitrogens with zero attached hydrogens (tertiary/aromatic N) is 2. The zero-order valence-corrected chi connectivity index (χ0v) is 20.9. The predicted octanol–water partition coefficient (Wildman–Crippen LogP) is 6.26. The number of aromatic nitrogens is 1. The SMILES string of the molecule is COC(=O)c1ccccc1-c1ccc(/C=N/NC(=O)c2ccc(-n3c(C)ccc3-c3ccccc3)cc2)o1. The summed E-state index contributed by atoms with van der Waals surface area (Å²) in [5.74, 6) is 0.119. The molecule has 0 bridgehead atoms. The van der Waals surface area contributed by atoms with Gasteiger partial charge in [-0.3, -0.25) is 4.79 Å². The Hall–Kier alpha value is -5.17. The van der Waals surface area contributed by atoms with E-state index in [1.54, 1.807) is 42.5 Å². The van der Waals surface area contributed by atoms with Gasteiger partial charge in [-0.1, -0.05) is 48.5 Å². The minimum atomic E-state index is -0.450. The molecule has 2 aromatic heterocycles. The lowest BCUT2D eigenvalue weighted by molar-refractivity contribution is 0.0601. The van der Waals surface area contributed by atoms with Gasteiger partial charge in [-0.15, -0.1) is 0 Å². The number of amides is 1. The summed E-state index contributed by atoms with van der Waals surface area (Å²) in [5.41, 5.74) is 8.26. The molecule has 1 N–H and O–H groups in total. The summed E-state index contributed by atoms with van der Waals surface area (Å²) >= 11 is 0. The maximum absolute atomic E-state index is 12.7. The van der Waals surface area contributed by atoms with E-state index in [1.807, 2.05) is 36.4 Å². The lowest BCUT2D eigenvalue weighted by Crippen LogP contribution is -2.17. The molecule has 188 valence electrons. The highest BCUT2D eigenvalue weighted by Crippen LogP contribution is 2.27. The minimum Gasteiger partial charge on any atom is -0.465 e. The largest absolute Gasteiger partial charge is 0.465 e. The quantitative estimate of drug-likeness (QED) is 0.161. The van der Waals surface area contributed by atoms with Gasteiger partial charge in [0.15, 0.2) is 0 Å². The Labute approximate surface area is 220 Å². The van der Waals surface area contributed by atoms with Crippen molar-refractivity contribution in [1.29, 1.82) is 0 Å². The van der Waals surface area contributed by atoms with Crippen LogP contribution in [-0.4, -0.2) is 29.8 Å². The molecule has 38 heavy (non-hydrogen) atoms. The predicted molar refractivity (Wildman–Crippen MR) is 146 cm³/mol. The van der Waals surface area contributed by atoms with Crippen LogP contribution in [-0.2, 0) is 4.74 Å². The maximum atomic E-state index is 12.7. The Kier molecular flexibility index (Phi) is 6.99. The van der Waals surface area contributed by atoms with Crippen LogP contribution >= 0.6 is 0 Å². The van der Waals surface area contributed by atoms with E-state index >= 15 is 0 Å². The highest BCUT2D eigenvalue weighted by atomic mass is 16.5. The summed E-state index contributed by atoms with van der Waals surface area (Å²) in [6.07, 6.45) is 1.41. The third kappa shape index (κ3) is 5.03. The molecule has 0 saturated heterocycles. The van der Waals surface area contributed by atoms with Gasteiger partial charge in [0.25, 0.3) is 5.91 Å². The van der Waals surface area contributed by atoms with Gasteiger partial charge in [0.2, 0.25) is 0 Å². The van der Waals surface area contributed by atoms with Crippen LogP contribution in [0.1, 0.15) is 32.2 Å². The van der Waals surface area contributed by atoms with E-state index in [0.717, 1.165) is 22.6 Å². The molecule has 0 aliphatic heterocycles. The van der Waals surface area contributed by atoms with E-state index in [1.165, 1.54) is 13.3 Å². The molecule has 1 amide bonds. The minimum absolute atomic E-state index is 0.344. The van der Waals surface area contributed by atoms with Crippen LogP contribution < -0.4 is 5.43 Å². The lowest BCUT2D eigenvalue weighted by Gasteiger charge is -2.12. The standard InChI is InChI=1S/C31H25N3O4/c1-21-12-18-28(22-8-4-3-5-9-22)34(21)24-15-13-23(14-16-24)30(35)33-32-20-25-17-19-29(38-25)26-10-6-7-11-27(26)31(36)37-2/h3-20H,1-2H3,(H,33,35)/b32-20+. The first kappa shape index (κ1) is 24.5. The van der Waals surface area contributed by atoms with Crippen LogP contribution in [0.2, 0.25) is 0 Å². The van der Waals surface area contributed by atoms with Gasteiger partial charge >= 0.3 is 5.97 Å². The smallest absolute Gasteiger partial charge is 0.338 e. The molecule has 0 radical (unpaired) electrons. The van der Waals surface area contributed by atoms with Crippen LogP contribution in [0.15, 0.2) is 113 Å². The summed E-state index contributed by atoms with van der Waals surface area (Å²) in [4.78, 5) is 24.7. The van der Waals surface area contributed by atoms with E-state index in [2.05, 4.69) is 46.3 Å². The first-order chi connectivity index (χ1) is 18.5. The van der Waals surface area contributed by atoms with Crippen molar-refractivity contribution in [3.63, 3.8) is 0 Å². The number of aryl methyl sites for hydroxylation is 1. The van der Waals surface area contributed by atoms with E-state index in [4.69, 9.17) is 9.15 Å². The molecule has 0 aliphatic carbocycles. The van der Waals surface area contributed by atoms with Gasteiger partial charge < -0.3 is 13.7 Å².